The molecular formula is C16H10N4O5. The average molecular weight is 338 g/mol. The average Bonchev–Trinajstić information content (AvgIpc) is 2.61. The number of nitrogens with zero attached hydrogens (tertiary/aromatic N) is 3. The third-order valence-electron chi connectivity index (χ3n) is 3.47. The molecule has 1 aromatic heterocycles. The van der Waals surface area contributed by atoms with Crippen molar-refractivity contribution in [1.29, 1.82) is 0 Å². The Morgan fingerprint density at radius 3 is 2.44 bits per heavy atom. The molecule has 0 aliphatic heterocycles. The maximum atomic E-state index is 12.3. The van der Waals surface area contributed by atoms with E-state index in [9.17, 15) is 25.0 Å². The van der Waals surface area contributed by atoms with Crippen molar-refractivity contribution in [2.24, 2.45) is 0 Å². The molecule has 124 valence electrons. The number of pyridine rings is 1. The first-order valence-corrected chi connectivity index (χ1v) is 7.05. The number of carbonyl (C=O) groups excluding carboxylic acids is 1. The molecule has 25 heavy (non-hydrogen) atoms. The van der Waals surface area contributed by atoms with Crippen LogP contribution >= 0.6 is 0 Å². The van der Waals surface area contributed by atoms with Gasteiger partial charge in [0.15, 0.2) is 0 Å². The predicted octanol–water partition coefficient (Wildman–Crippen LogP) is 3.30. The summed E-state index contributed by atoms with van der Waals surface area (Å²) < 4.78 is 0. The number of rotatable bonds is 4. The summed E-state index contributed by atoms with van der Waals surface area (Å²) in [6.45, 7) is 0. The highest BCUT2D eigenvalue weighted by Crippen LogP contribution is 2.29. The van der Waals surface area contributed by atoms with Crippen LogP contribution in [-0.2, 0) is 0 Å². The van der Waals surface area contributed by atoms with E-state index >= 15 is 0 Å². The third-order valence-corrected chi connectivity index (χ3v) is 3.47. The van der Waals surface area contributed by atoms with Gasteiger partial charge in [0.25, 0.3) is 17.3 Å². The van der Waals surface area contributed by atoms with Gasteiger partial charge in [-0.1, -0.05) is 24.3 Å². The third kappa shape index (κ3) is 3.24. The van der Waals surface area contributed by atoms with Gasteiger partial charge in [-0.15, -0.1) is 0 Å². The Morgan fingerprint density at radius 1 is 0.960 bits per heavy atom. The van der Waals surface area contributed by atoms with Crippen molar-refractivity contribution in [3.05, 3.63) is 80.5 Å². The minimum absolute atomic E-state index is 0.0753. The summed E-state index contributed by atoms with van der Waals surface area (Å²) in [5, 5.41) is 25.1. The van der Waals surface area contributed by atoms with E-state index in [1.165, 1.54) is 6.07 Å². The van der Waals surface area contributed by atoms with Crippen LogP contribution in [0.5, 0.6) is 0 Å². The molecule has 1 amide bonds. The van der Waals surface area contributed by atoms with Gasteiger partial charge in [0.05, 0.1) is 21.4 Å². The molecule has 2 aromatic carbocycles. The van der Waals surface area contributed by atoms with Gasteiger partial charge >= 0.3 is 0 Å². The number of hydrogen-bond donors (Lipinski definition) is 1. The second-order valence-corrected chi connectivity index (χ2v) is 5.06. The molecule has 1 heterocycles. The second-order valence-electron chi connectivity index (χ2n) is 5.06. The van der Waals surface area contributed by atoms with Crippen molar-refractivity contribution in [2.75, 3.05) is 5.32 Å². The van der Waals surface area contributed by atoms with Gasteiger partial charge in [0, 0.05) is 11.5 Å². The van der Waals surface area contributed by atoms with Crippen LogP contribution in [0.2, 0.25) is 0 Å². The van der Waals surface area contributed by atoms with Gasteiger partial charge in [0.1, 0.15) is 11.4 Å². The van der Waals surface area contributed by atoms with Gasteiger partial charge in [0.2, 0.25) is 0 Å². The Balaban J connectivity index is 1.93. The Hall–Kier alpha value is -3.88. The van der Waals surface area contributed by atoms with Gasteiger partial charge in [-0.05, 0) is 18.2 Å². The molecule has 0 bridgehead atoms. The largest absolute Gasteiger partial charge is 0.315 e. The van der Waals surface area contributed by atoms with E-state index in [4.69, 9.17) is 0 Å². The van der Waals surface area contributed by atoms with Crippen molar-refractivity contribution in [3.63, 3.8) is 0 Å². The number of aromatic nitrogens is 1. The normalized spacial score (nSPS) is 10.4. The molecule has 0 aliphatic rings. The molecule has 0 aliphatic carbocycles. The summed E-state index contributed by atoms with van der Waals surface area (Å²) in [5.41, 5.74) is -0.466. The first-order chi connectivity index (χ1) is 12.0. The molecule has 9 nitrogen and oxygen atoms in total. The van der Waals surface area contributed by atoms with Gasteiger partial charge in [-0.3, -0.25) is 25.0 Å². The fraction of sp³-hybridized carbons (Fsp3) is 0. The zero-order valence-corrected chi connectivity index (χ0v) is 12.6. The topological polar surface area (TPSA) is 128 Å². The first-order valence-electron chi connectivity index (χ1n) is 7.05. The standard InChI is InChI=1S/C16H10N4O5/c21-16(14-7-5-10-3-1-2-4-12(10)17-14)18-13-8-6-11(19(22)23)9-15(13)20(24)25/h1-9H,(H,18,21). The number of anilines is 1. The van der Waals surface area contributed by atoms with Crippen molar-refractivity contribution < 1.29 is 14.6 Å². The zero-order valence-electron chi connectivity index (χ0n) is 12.6. The summed E-state index contributed by atoms with van der Waals surface area (Å²) >= 11 is 0. The maximum absolute atomic E-state index is 12.3. The van der Waals surface area contributed by atoms with Crippen LogP contribution in [0.1, 0.15) is 10.5 Å². The van der Waals surface area contributed by atoms with Crippen molar-refractivity contribution in [1.82, 2.24) is 4.98 Å². The number of carbonyl (C=O) groups is 1. The lowest BCUT2D eigenvalue weighted by molar-refractivity contribution is -0.393. The quantitative estimate of drug-likeness (QED) is 0.574. The van der Waals surface area contributed by atoms with Crippen LogP contribution in [0, 0.1) is 20.2 Å². The summed E-state index contributed by atoms with van der Waals surface area (Å²) in [7, 11) is 0. The molecule has 9 heteroatoms. The smallest absolute Gasteiger partial charge is 0.299 e. The van der Waals surface area contributed by atoms with Crippen LogP contribution in [0.4, 0.5) is 17.1 Å². The fourth-order valence-corrected chi connectivity index (χ4v) is 2.27. The van der Waals surface area contributed by atoms with Crippen LogP contribution < -0.4 is 5.32 Å². The van der Waals surface area contributed by atoms with Gasteiger partial charge in [-0.2, -0.15) is 0 Å². The van der Waals surface area contributed by atoms with Crippen molar-refractivity contribution >= 4 is 33.9 Å². The predicted molar refractivity (Wildman–Crippen MR) is 89.4 cm³/mol. The molecule has 3 aromatic rings. The molecule has 0 saturated carbocycles. The number of amides is 1. The van der Waals surface area contributed by atoms with Crippen LogP contribution in [-0.4, -0.2) is 20.7 Å². The van der Waals surface area contributed by atoms with E-state index in [2.05, 4.69) is 10.3 Å². The Labute approximate surface area is 140 Å². The van der Waals surface area contributed by atoms with E-state index in [-0.39, 0.29) is 11.4 Å². The number of non-ortho nitro benzene ring substituents is 1. The lowest BCUT2D eigenvalue weighted by atomic mass is 10.2. The van der Waals surface area contributed by atoms with Crippen LogP contribution in [0.15, 0.2) is 54.6 Å². The highest BCUT2D eigenvalue weighted by atomic mass is 16.6. The molecule has 0 spiro atoms. The molecule has 0 radical (unpaired) electrons. The number of nitrogens with one attached hydrogen (secondary N) is 1. The van der Waals surface area contributed by atoms with Crippen LogP contribution in [0.3, 0.4) is 0 Å². The number of benzene rings is 2. The van der Waals surface area contributed by atoms with E-state index in [1.807, 2.05) is 12.1 Å². The molecule has 0 unspecified atom stereocenters. The Kier molecular flexibility index (Phi) is 4.04. The SMILES string of the molecule is O=C(Nc1ccc([N+](=O)[O-])cc1[N+](=O)[O-])c1ccc2ccccc2n1. The molecule has 0 atom stereocenters. The van der Waals surface area contributed by atoms with Crippen molar-refractivity contribution in [2.45, 2.75) is 0 Å². The first kappa shape index (κ1) is 16.0. The van der Waals surface area contributed by atoms with Crippen molar-refractivity contribution in [3.8, 4) is 0 Å². The maximum Gasteiger partial charge on any atom is 0.299 e. The summed E-state index contributed by atoms with van der Waals surface area (Å²) in [6, 6.07) is 13.4. The highest BCUT2D eigenvalue weighted by Gasteiger charge is 2.21. The Morgan fingerprint density at radius 2 is 1.72 bits per heavy atom. The molecular weight excluding hydrogens is 328 g/mol. The minimum atomic E-state index is -0.795. The molecule has 0 saturated heterocycles. The van der Waals surface area contributed by atoms with Gasteiger partial charge in [-0.25, -0.2) is 4.98 Å². The van der Waals surface area contributed by atoms with E-state index in [0.717, 1.165) is 23.6 Å². The fourth-order valence-electron chi connectivity index (χ4n) is 2.27. The van der Waals surface area contributed by atoms with E-state index < -0.39 is 27.1 Å². The van der Waals surface area contributed by atoms with Crippen LogP contribution in [0.25, 0.3) is 10.9 Å². The molecule has 3 rings (SSSR count). The minimum Gasteiger partial charge on any atom is -0.315 e. The zero-order chi connectivity index (χ0) is 18.0. The van der Waals surface area contributed by atoms with E-state index in [1.54, 1.807) is 18.2 Å². The highest BCUT2D eigenvalue weighted by molar-refractivity contribution is 6.05. The summed E-state index contributed by atoms with van der Waals surface area (Å²) in [6.07, 6.45) is 0. The lowest BCUT2D eigenvalue weighted by Crippen LogP contribution is -2.14. The van der Waals surface area contributed by atoms with E-state index in [0.29, 0.717) is 5.52 Å². The molecule has 1 N–H and O–H groups in total. The number of nitro benzene ring substituents is 2. The Bertz CT molecular complexity index is 1020. The summed E-state index contributed by atoms with van der Waals surface area (Å²) in [4.78, 5) is 36.8. The second kappa shape index (κ2) is 6.32. The lowest BCUT2D eigenvalue weighted by Gasteiger charge is -2.06. The summed E-state index contributed by atoms with van der Waals surface area (Å²) in [5.74, 6) is -0.650. The molecule has 0 fully saturated rings. The number of hydrogen-bond acceptors (Lipinski definition) is 6. The number of fused-ring (bicyclic) bond motifs is 1. The number of nitro groups is 2. The monoisotopic (exact) mass is 338 g/mol. The van der Waals surface area contributed by atoms with Gasteiger partial charge < -0.3 is 5.32 Å². The number of para-hydroxylation sites is 1.